The SMILES string of the molecule is CC(C)CCN1CC(=O)NC2(CCCc3ccccc32)C(=O)NCCN(C(=O)c2cnn3ccn(C)c23)CCCC1=O. The number of imidazole rings is 1. The Kier molecular flexibility index (Phi) is 8.65. The molecule has 1 aliphatic heterocycles. The fourth-order valence-electron chi connectivity index (χ4n) is 6.13. The van der Waals surface area contributed by atoms with E-state index in [2.05, 4.69) is 29.6 Å². The molecular formula is C31H41N7O4. The average Bonchev–Trinajstić information content (AvgIpc) is 3.56. The lowest BCUT2D eigenvalue weighted by Crippen LogP contribution is -2.60. The molecule has 42 heavy (non-hydrogen) atoms. The summed E-state index contributed by atoms with van der Waals surface area (Å²) in [6.45, 7) is 5.28. The van der Waals surface area contributed by atoms with Gasteiger partial charge in [-0.3, -0.25) is 19.2 Å². The number of carbonyl (C=O) groups excluding carboxylic acids is 4. The van der Waals surface area contributed by atoms with Gasteiger partial charge in [0.25, 0.3) is 11.8 Å². The van der Waals surface area contributed by atoms with Gasteiger partial charge in [-0.15, -0.1) is 0 Å². The maximum absolute atomic E-state index is 14.0. The van der Waals surface area contributed by atoms with Crippen LogP contribution in [0.25, 0.3) is 5.65 Å². The largest absolute Gasteiger partial charge is 0.352 e. The van der Waals surface area contributed by atoms with E-state index in [-0.39, 0.29) is 49.7 Å². The molecule has 1 saturated heterocycles. The molecule has 3 heterocycles. The van der Waals surface area contributed by atoms with E-state index in [1.54, 1.807) is 26.7 Å². The number of hydrogen-bond donors (Lipinski definition) is 2. The fraction of sp³-hybridized carbons (Fsp3) is 0.516. The molecule has 1 fully saturated rings. The van der Waals surface area contributed by atoms with Crippen molar-refractivity contribution in [3.8, 4) is 0 Å². The molecule has 2 N–H and O–H groups in total. The number of aromatic nitrogens is 3. The van der Waals surface area contributed by atoms with Crippen LogP contribution in [-0.2, 0) is 33.4 Å². The number of rotatable bonds is 4. The van der Waals surface area contributed by atoms with E-state index in [0.29, 0.717) is 43.1 Å². The van der Waals surface area contributed by atoms with Crippen molar-refractivity contribution < 1.29 is 19.2 Å². The second-order valence-electron chi connectivity index (χ2n) is 11.8. The average molecular weight is 576 g/mol. The van der Waals surface area contributed by atoms with Gasteiger partial charge < -0.3 is 25.0 Å². The van der Waals surface area contributed by atoms with Crippen molar-refractivity contribution in [3.05, 3.63) is 59.5 Å². The molecule has 5 rings (SSSR count). The van der Waals surface area contributed by atoms with Crippen LogP contribution in [0.2, 0.25) is 0 Å². The lowest BCUT2D eigenvalue weighted by Gasteiger charge is -2.39. The molecule has 0 radical (unpaired) electrons. The van der Waals surface area contributed by atoms with Gasteiger partial charge in [-0.25, -0.2) is 4.52 Å². The Labute approximate surface area is 246 Å². The first-order valence-corrected chi connectivity index (χ1v) is 14.9. The molecule has 2 aliphatic rings. The van der Waals surface area contributed by atoms with E-state index in [4.69, 9.17) is 0 Å². The first-order valence-electron chi connectivity index (χ1n) is 14.9. The summed E-state index contributed by atoms with van der Waals surface area (Å²) in [5.41, 5.74) is 1.70. The van der Waals surface area contributed by atoms with Crippen LogP contribution in [0.3, 0.4) is 0 Å². The third-order valence-corrected chi connectivity index (χ3v) is 8.42. The Balaban J connectivity index is 1.46. The molecule has 1 aliphatic carbocycles. The van der Waals surface area contributed by atoms with Gasteiger partial charge in [0.15, 0.2) is 0 Å². The van der Waals surface area contributed by atoms with Crippen LogP contribution in [0, 0.1) is 5.92 Å². The van der Waals surface area contributed by atoms with Crippen LogP contribution >= 0.6 is 0 Å². The van der Waals surface area contributed by atoms with Gasteiger partial charge in [0.1, 0.15) is 16.7 Å². The third-order valence-electron chi connectivity index (χ3n) is 8.42. The molecule has 11 heteroatoms. The second-order valence-corrected chi connectivity index (χ2v) is 11.8. The van der Waals surface area contributed by atoms with Gasteiger partial charge in [-0.2, -0.15) is 5.10 Å². The number of nitrogens with one attached hydrogen (secondary N) is 2. The first-order chi connectivity index (χ1) is 20.2. The Hall–Kier alpha value is -4.15. The van der Waals surface area contributed by atoms with Gasteiger partial charge in [0.05, 0.1) is 12.7 Å². The van der Waals surface area contributed by atoms with Crippen LogP contribution in [0.15, 0.2) is 42.9 Å². The zero-order chi connectivity index (χ0) is 29.9. The predicted octanol–water partition coefficient (Wildman–Crippen LogP) is 2.25. The minimum absolute atomic E-state index is 0.118. The predicted molar refractivity (Wildman–Crippen MR) is 158 cm³/mol. The van der Waals surface area contributed by atoms with E-state index < -0.39 is 5.54 Å². The zero-order valence-corrected chi connectivity index (χ0v) is 24.8. The maximum atomic E-state index is 14.0. The summed E-state index contributed by atoms with van der Waals surface area (Å²) >= 11 is 0. The van der Waals surface area contributed by atoms with E-state index in [1.807, 2.05) is 42.1 Å². The Morgan fingerprint density at radius 3 is 2.69 bits per heavy atom. The molecule has 1 atom stereocenters. The van der Waals surface area contributed by atoms with Gasteiger partial charge in [0, 0.05) is 52.0 Å². The summed E-state index contributed by atoms with van der Waals surface area (Å²) in [7, 11) is 1.86. The Morgan fingerprint density at radius 2 is 1.88 bits per heavy atom. The minimum Gasteiger partial charge on any atom is -0.352 e. The van der Waals surface area contributed by atoms with Crippen LogP contribution in [0.5, 0.6) is 0 Å². The van der Waals surface area contributed by atoms with E-state index in [9.17, 15) is 19.2 Å². The summed E-state index contributed by atoms with van der Waals surface area (Å²) in [5, 5.41) is 10.4. The minimum atomic E-state index is -1.25. The molecule has 2 aromatic heterocycles. The Bertz CT molecular complexity index is 1470. The number of nitrogens with zero attached hydrogens (tertiary/aromatic N) is 5. The van der Waals surface area contributed by atoms with Crippen molar-refractivity contribution in [2.45, 2.75) is 57.9 Å². The van der Waals surface area contributed by atoms with Crippen molar-refractivity contribution in [1.29, 1.82) is 0 Å². The molecule has 11 nitrogen and oxygen atoms in total. The normalized spacial score (nSPS) is 20.9. The highest BCUT2D eigenvalue weighted by Gasteiger charge is 2.45. The van der Waals surface area contributed by atoms with Crippen molar-refractivity contribution in [2.75, 3.05) is 32.7 Å². The monoisotopic (exact) mass is 575 g/mol. The molecular weight excluding hydrogens is 534 g/mol. The number of amides is 4. The molecule has 0 bridgehead atoms. The molecule has 224 valence electrons. The number of fused-ring (bicyclic) bond motifs is 3. The molecule has 0 saturated carbocycles. The van der Waals surface area contributed by atoms with Crippen LogP contribution < -0.4 is 10.6 Å². The number of hydrogen-bond acceptors (Lipinski definition) is 5. The molecule has 1 spiro atoms. The van der Waals surface area contributed by atoms with E-state index in [1.165, 1.54) is 0 Å². The summed E-state index contributed by atoms with van der Waals surface area (Å²) in [6.07, 6.45) is 8.59. The highest BCUT2D eigenvalue weighted by atomic mass is 16.2. The van der Waals surface area contributed by atoms with Crippen molar-refractivity contribution in [1.82, 2.24) is 34.6 Å². The highest BCUT2D eigenvalue weighted by Crippen LogP contribution is 2.36. The molecule has 1 unspecified atom stereocenters. The topological polar surface area (TPSA) is 121 Å². The second kappa shape index (κ2) is 12.4. The van der Waals surface area contributed by atoms with Crippen molar-refractivity contribution >= 4 is 29.3 Å². The Morgan fingerprint density at radius 1 is 1.07 bits per heavy atom. The summed E-state index contributed by atoms with van der Waals surface area (Å²) in [5.74, 6) is -0.630. The van der Waals surface area contributed by atoms with Crippen LogP contribution in [0.1, 0.15) is 67.4 Å². The van der Waals surface area contributed by atoms with Crippen molar-refractivity contribution in [2.24, 2.45) is 13.0 Å². The number of carbonyl (C=O) groups is 4. The number of benzene rings is 1. The quantitative estimate of drug-likeness (QED) is 0.495. The number of aryl methyl sites for hydroxylation is 2. The molecule has 4 amide bonds. The fourth-order valence-corrected chi connectivity index (χ4v) is 6.13. The summed E-state index contributed by atoms with van der Waals surface area (Å²) < 4.78 is 3.50. The van der Waals surface area contributed by atoms with Gasteiger partial charge >= 0.3 is 0 Å². The lowest BCUT2D eigenvalue weighted by atomic mass is 9.75. The zero-order valence-electron chi connectivity index (χ0n) is 24.8. The van der Waals surface area contributed by atoms with Gasteiger partial charge in [0.2, 0.25) is 11.8 Å². The van der Waals surface area contributed by atoms with Crippen LogP contribution in [-0.4, -0.2) is 80.3 Å². The summed E-state index contributed by atoms with van der Waals surface area (Å²) in [6, 6.07) is 7.72. The summed E-state index contributed by atoms with van der Waals surface area (Å²) in [4.78, 5) is 58.0. The lowest BCUT2D eigenvalue weighted by molar-refractivity contribution is -0.139. The first kappa shape index (κ1) is 29.3. The molecule has 3 aromatic rings. The van der Waals surface area contributed by atoms with Crippen LogP contribution in [0.4, 0.5) is 0 Å². The maximum Gasteiger partial charge on any atom is 0.259 e. The highest BCUT2D eigenvalue weighted by molar-refractivity contribution is 6.00. The smallest absolute Gasteiger partial charge is 0.259 e. The van der Waals surface area contributed by atoms with E-state index in [0.717, 1.165) is 30.4 Å². The third kappa shape index (κ3) is 5.91. The van der Waals surface area contributed by atoms with Crippen molar-refractivity contribution in [3.63, 3.8) is 0 Å². The van der Waals surface area contributed by atoms with Gasteiger partial charge in [-0.1, -0.05) is 38.1 Å². The standard InChI is InChI=1S/C31H41N7O4/c1-22(2)12-16-37-21-26(39)34-31(13-6-9-23-8-4-5-10-25(23)31)30(42)32-14-17-36(15-7-11-27(37)40)29(41)24-20-33-38-19-18-35(3)28(24)38/h4-5,8,10,18-20,22H,6-7,9,11-17,21H2,1-3H3,(H,32,42)(H,34,39). The van der Waals surface area contributed by atoms with E-state index >= 15 is 0 Å². The van der Waals surface area contributed by atoms with Gasteiger partial charge in [-0.05, 0) is 49.1 Å². The molecule has 1 aromatic carbocycles.